The molecule has 0 spiro atoms. The van der Waals surface area contributed by atoms with Gasteiger partial charge in [0.05, 0.1) is 0 Å². The van der Waals surface area contributed by atoms with Crippen LogP contribution in [-0.2, 0) is 13.6 Å². The molecule has 0 aromatic heterocycles. The van der Waals surface area contributed by atoms with Crippen LogP contribution < -0.4 is 10.6 Å². The number of rotatable bonds is 0. The molecule has 1 rings (SSSR count). The van der Waals surface area contributed by atoms with E-state index in [0.717, 1.165) is 17.8 Å². The molecule has 1 aliphatic rings. The van der Waals surface area contributed by atoms with E-state index < -0.39 is 0 Å². The van der Waals surface area contributed by atoms with E-state index in [2.05, 4.69) is 10.6 Å². The van der Waals surface area contributed by atoms with E-state index in [1.807, 2.05) is 0 Å². The second kappa shape index (κ2) is 2.80. The van der Waals surface area contributed by atoms with Crippen molar-refractivity contribution in [3.8, 4) is 0 Å². The van der Waals surface area contributed by atoms with Crippen molar-refractivity contribution < 1.29 is 13.6 Å². The van der Waals surface area contributed by atoms with Gasteiger partial charge < -0.3 is 0 Å². The molecule has 0 radical (unpaired) electrons. The predicted molar refractivity (Wildman–Crippen MR) is 26.9 cm³/mol. The molecule has 7 heavy (non-hydrogen) atoms. The van der Waals surface area contributed by atoms with Crippen molar-refractivity contribution in [1.29, 1.82) is 0 Å². The average molecular weight is 169 g/mol. The summed E-state index contributed by atoms with van der Waals surface area (Å²) in [6.45, 7) is 1.98. The fraction of sp³-hybridized carbons (Fsp3) is 0.667. The Bertz CT molecular complexity index is 84.9. The minimum atomic E-state index is 0.963. The number of halogens is 1. The summed E-state index contributed by atoms with van der Waals surface area (Å²) < 4.78 is 0.963. The molecule has 0 bridgehead atoms. The summed E-state index contributed by atoms with van der Waals surface area (Å²) >= 11 is 1.28. The maximum absolute atomic E-state index is 5.35. The second-order valence-electron chi connectivity index (χ2n) is 1.19. The summed E-state index contributed by atoms with van der Waals surface area (Å²) in [5.74, 6) is 0. The van der Waals surface area contributed by atoms with Gasteiger partial charge >= 0.3 is 52.1 Å². The van der Waals surface area contributed by atoms with Gasteiger partial charge in [0.15, 0.2) is 0 Å². The topological polar surface area (TPSA) is 24.1 Å². The van der Waals surface area contributed by atoms with E-state index >= 15 is 0 Å². The van der Waals surface area contributed by atoms with E-state index in [-0.39, 0.29) is 0 Å². The Morgan fingerprint density at radius 1 is 1.43 bits per heavy atom. The molecule has 0 atom stereocenters. The van der Waals surface area contributed by atoms with Gasteiger partial charge in [0.25, 0.3) is 0 Å². The standard InChI is InChI=1S/C3H6N2.ClH.Cu/c1-2-5-3-4-1;;/h4-5H,1-2H2;1H;/q;;+1/p-1. The molecule has 1 saturated heterocycles. The van der Waals surface area contributed by atoms with Crippen LogP contribution in [0, 0.1) is 0 Å². The Morgan fingerprint density at radius 3 is 2.29 bits per heavy atom. The first-order valence-corrected chi connectivity index (χ1v) is 3.74. The molecule has 0 aliphatic carbocycles. The Labute approximate surface area is 52.5 Å². The maximum atomic E-state index is 5.35. The summed E-state index contributed by atoms with van der Waals surface area (Å²) in [6.07, 6.45) is 0. The molecule has 1 fully saturated rings. The molecular formula is C3H6ClCuN2. The molecule has 46 valence electrons. The van der Waals surface area contributed by atoms with E-state index in [1.165, 1.54) is 13.6 Å². The Hall–Kier alpha value is 0.599. The van der Waals surface area contributed by atoms with Crippen LogP contribution in [0.4, 0.5) is 0 Å². The minimum absolute atomic E-state index is 0.963. The van der Waals surface area contributed by atoms with Crippen molar-refractivity contribution in [3.63, 3.8) is 0 Å². The molecule has 0 amide bonds. The normalized spacial score (nSPS) is 21.6. The second-order valence-corrected chi connectivity index (χ2v) is 2.30. The van der Waals surface area contributed by atoms with Crippen LogP contribution in [0.5, 0.6) is 0 Å². The number of nitrogens with one attached hydrogen (secondary N) is 2. The molecule has 1 aliphatic heterocycles. The average Bonchev–Trinajstić information content (AvgIpc) is 2.14. The Morgan fingerprint density at radius 2 is 2.00 bits per heavy atom. The van der Waals surface area contributed by atoms with Crippen LogP contribution in [0.15, 0.2) is 0 Å². The summed E-state index contributed by atoms with van der Waals surface area (Å²) in [6, 6.07) is 0. The molecule has 2 N–H and O–H groups in total. The van der Waals surface area contributed by atoms with Gasteiger partial charge in [-0.15, -0.1) is 0 Å². The van der Waals surface area contributed by atoms with Crippen molar-refractivity contribution in [3.05, 3.63) is 0 Å². The van der Waals surface area contributed by atoms with Gasteiger partial charge in [-0.2, -0.15) is 0 Å². The van der Waals surface area contributed by atoms with Crippen molar-refractivity contribution in [2.75, 3.05) is 13.1 Å². The quantitative estimate of drug-likeness (QED) is 0.478. The predicted octanol–water partition coefficient (Wildman–Crippen LogP) is -0.497. The molecule has 0 aromatic rings. The fourth-order valence-electron chi connectivity index (χ4n) is 0.428. The summed E-state index contributed by atoms with van der Waals surface area (Å²) in [4.78, 5) is 0. The third-order valence-corrected chi connectivity index (χ3v) is 1.70. The van der Waals surface area contributed by atoms with Gasteiger partial charge in [-0.1, -0.05) is 0 Å². The Balaban J connectivity index is 2.41. The van der Waals surface area contributed by atoms with E-state index in [0.29, 0.717) is 0 Å². The van der Waals surface area contributed by atoms with Crippen molar-refractivity contribution in [2.24, 2.45) is 0 Å². The molecule has 0 aromatic carbocycles. The summed E-state index contributed by atoms with van der Waals surface area (Å²) in [5.41, 5.74) is 0. The third-order valence-electron chi connectivity index (χ3n) is 0.715. The molecule has 4 heteroatoms. The van der Waals surface area contributed by atoms with Crippen LogP contribution in [0.25, 0.3) is 0 Å². The zero-order chi connectivity index (χ0) is 5.11. The van der Waals surface area contributed by atoms with E-state index in [4.69, 9.17) is 10.1 Å². The van der Waals surface area contributed by atoms with Gasteiger partial charge in [0.2, 0.25) is 0 Å². The van der Waals surface area contributed by atoms with Crippen molar-refractivity contribution in [1.82, 2.24) is 10.6 Å². The SMILES string of the molecule is [Cl][Cu]=[C]1NCCN1. The first kappa shape index (κ1) is 5.73. The number of hydrogen-bond acceptors (Lipinski definition) is 2. The molecule has 1 heterocycles. The molecular weight excluding hydrogens is 163 g/mol. The zero-order valence-corrected chi connectivity index (χ0v) is 5.29. The van der Waals surface area contributed by atoms with Gasteiger partial charge in [-0.05, 0) is 0 Å². The van der Waals surface area contributed by atoms with Crippen molar-refractivity contribution >= 4 is 14.8 Å². The molecule has 0 unspecified atom stereocenters. The van der Waals surface area contributed by atoms with Crippen LogP contribution in [0.2, 0.25) is 0 Å². The summed E-state index contributed by atoms with van der Waals surface area (Å²) in [7, 11) is 5.35. The Kier molecular flexibility index (Phi) is 2.29. The first-order chi connectivity index (χ1) is 3.43. The van der Waals surface area contributed by atoms with Crippen LogP contribution in [-0.4, -0.2) is 17.8 Å². The first-order valence-electron chi connectivity index (χ1n) is 1.97. The molecule has 2 nitrogen and oxygen atoms in total. The van der Waals surface area contributed by atoms with E-state index in [9.17, 15) is 0 Å². The number of hydrogen-bond donors (Lipinski definition) is 2. The fourth-order valence-corrected chi connectivity index (χ4v) is 1.12. The van der Waals surface area contributed by atoms with Crippen LogP contribution in [0.1, 0.15) is 0 Å². The van der Waals surface area contributed by atoms with Gasteiger partial charge in [-0.3, -0.25) is 0 Å². The van der Waals surface area contributed by atoms with Gasteiger partial charge in [0.1, 0.15) is 0 Å². The summed E-state index contributed by atoms with van der Waals surface area (Å²) in [5, 5.41) is 6.08. The van der Waals surface area contributed by atoms with Crippen molar-refractivity contribution in [2.45, 2.75) is 0 Å². The monoisotopic (exact) mass is 168 g/mol. The van der Waals surface area contributed by atoms with Crippen LogP contribution >= 0.6 is 10.1 Å². The third kappa shape index (κ3) is 1.52. The van der Waals surface area contributed by atoms with Crippen LogP contribution in [0.3, 0.4) is 0 Å². The zero-order valence-electron chi connectivity index (χ0n) is 3.59. The van der Waals surface area contributed by atoms with Gasteiger partial charge in [0, 0.05) is 0 Å². The molecule has 0 saturated carbocycles. The van der Waals surface area contributed by atoms with Gasteiger partial charge in [-0.25, -0.2) is 0 Å². The van der Waals surface area contributed by atoms with E-state index in [1.54, 1.807) is 0 Å².